The molecule has 0 bridgehead atoms. The first kappa shape index (κ1) is 14.9. The Morgan fingerprint density at radius 3 is 2.41 bits per heavy atom. The van der Waals surface area contributed by atoms with Crippen molar-refractivity contribution in [3.63, 3.8) is 0 Å². The van der Waals surface area contributed by atoms with Crippen LogP contribution in [0.2, 0.25) is 0 Å². The van der Waals surface area contributed by atoms with Gasteiger partial charge in [0.1, 0.15) is 0 Å². The fourth-order valence-corrected chi connectivity index (χ4v) is 2.35. The average Bonchev–Trinajstić information content (AvgIpc) is 2.53. The highest BCUT2D eigenvalue weighted by Gasteiger charge is 2.26. The highest BCUT2D eigenvalue weighted by Crippen LogP contribution is 2.26. The van der Waals surface area contributed by atoms with Gasteiger partial charge in [-0.2, -0.15) is 0 Å². The Morgan fingerprint density at radius 2 is 1.76 bits per heavy atom. The molecule has 4 nitrogen and oxygen atoms in total. The van der Waals surface area contributed by atoms with E-state index < -0.39 is 5.60 Å². The highest BCUT2D eigenvalue weighted by atomic mass is 16.5. The molecule has 1 aliphatic rings. The first-order valence-electron chi connectivity index (χ1n) is 6.88. The second kappa shape index (κ2) is 8.86. The summed E-state index contributed by atoms with van der Waals surface area (Å²) in [5, 5.41) is 22.2. The fourth-order valence-electron chi connectivity index (χ4n) is 2.35. The van der Waals surface area contributed by atoms with Crippen molar-refractivity contribution in [3.8, 4) is 0 Å². The van der Waals surface area contributed by atoms with Crippen LogP contribution in [-0.4, -0.2) is 48.7 Å². The smallest absolute Gasteiger partial charge is 0.0771 e. The molecule has 3 N–H and O–H groups in total. The molecular formula is C13H27NO3. The van der Waals surface area contributed by atoms with Crippen molar-refractivity contribution in [2.75, 3.05) is 32.9 Å². The molecule has 0 aromatic heterocycles. The number of hydrogen-bond acceptors (Lipinski definition) is 4. The second-order valence-corrected chi connectivity index (χ2v) is 5.00. The molecule has 4 heteroatoms. The van der Waals surface area contributed by atoms with Crippen molar-refractivity contribution in [2.45, 2.75) is 50.5 Å². The molecule has 1 saturated carbocycles. The molecular weight excluding hydrogens is 218 g/mol. The lowest BCUT2D eigenvalue weighted by Crippen LogP contribution is -2.40. The summed E-state index contributed by atoms with van der Waals surface area (Å²) in [5.41, 5.74) is -0.484. The minimum Gasteiger partial charge on any atom is -0.394 e. The van der Waals surface area contributed by atoms with Crippen molar-refractivity contribution in [1.82, 2.24) is 5.32 Å². The number of aliphatic hydroxyl groups is 2. The summed E-state index contributed by atoms with van der Waals surface area (Å²) >= 11 is 0. The Hall–Kier alpha value is -0.160. The van der Waals surface area contributed by atoms with Gasteiger partial charge < -0.3 is 20.3 Å². The van der Waals surface area contributed by atoms with Gasteiger partial charge in [-0.3, -0.25) is 0 Å². The zero-order valence-corrected chi connectivity index (χ0v) is 10.8. The van der Waals surface area contributed by atoms with Crippen molar-refractivity contribution in [2.24, 2.45) is 0 Å². The maximum atomic E-state index is 10.4. The van der Waals surface area contributed by atoms with Crippen LogP contribution in [0.1, 0.15) is 44.9 Å². The lowest BCUT2D eigenvalue weighted by Gasteiger charge is -2.26. The third-order valence-corrected chi connectivity index (χ3v) is 3.37. The van der Waals surface area contributed by atoms with Crippen LogP contribution in [0.4, 0.5) is 0 Å². The summed E-state index contributed by atoms with van der Waals surface area (Å²) in [6, 6.07) is 0. The van der Waals surface area contributed by atoms with E-state index in [9.17, 15) is 5.11 Å². The van der Waals surface area contributed by atoms with E-state index >= 15 is 0 Å². The number of rotatable bonds is 8. The largest absolute Gasteiger partial charge is 0.394 e. The van der Waals surface area contributed by atoms with Crippen LogP contribution >= 0.6 is 0 Å². The molecule has 1 fully saturated rings. The summed E-state index contributed by atoms with van der Waals surface area (Å²) in [6.45, 7) is 2.75. The summed E-state index contributed by atoms with van der Waals surface area (Å²) in [4.78, 5) is 0. The van der Waals surface area contributed by atoms with Crippen LogP contribution < -0.4 is 5.32 Å². The third kappa shape index (κ3) is 6.99. The average molecular weight is 245 g/mol. The molecule has 0 aliphatic heterocycles. The molecule has 0 spiro atoms. The van der Waals surface area contributed by atoms with Gasteiger partial charge in [0.25, 0.3) is 0 Å². The van der Waals surface area contributed by atoms with Crippen LogP contribution in [0.15, 0.2) is 0 Å². The molecule has 102 valence electrons. The van der Waals surface area contributed by atoms with E-state index in [1.54, 1.807) is 0 Å². The van der Waals surface area contributed by atoms with E-state index in [4.69, 9.17) is 9.84 Å². The number of nitrogens with one attached hydrogen (secondary N) is 1. The van der Waals surface area contributed by atoms with E-state index in [0.717, 1.165) is 38.6 Å². The molecule has 17 heavy (non-hydrogen) atoms. The van der Waals surface area contributed by atoms with Crippen molar-refractivity contribution >= 4 is 0 Å². The molecule has 0 atom stereocenters. The van der Waals surface area contributed by atoms with Gasteiger partial charge in [0.15, 0.2) is 0 Å². The lowest BCUT2D eigenvalue weighted by atomic mass is 9.94. The first-order chi connectivity index (χ1) is 8.27. The van der Waals surface area contributed by atoms with Crippen molar-refractivity contribution in [1.29, 1.82) is 0 Å². The van der Waals surface area contributed by atoms with Gasteiger partial charge in [-0.25, -0.2) is 0 Å². The standard InChI is InChI=1S/C13H27NO3/c15-9-11-17-10-5-8-14-12-13(16)6-3-1-2-4-7-13/h14-16H,1-12H2. The summed E-state index contributed by atoms with van der Waals surface area (Å²) in [6.07, 6.45) is 7.61. The van der Waals surface area contributed by atoms with Gasteiger partial charge in [-0.05, 0) is 25.8 Å². The molecule has 1 aliphatic carbocycles. The zero-order chi connectivity index (χ0) is 12.4. The third-order valence-electron chi connectivity index (χ3n) is 3.37. The maximum absolute atomic E-state index is 10.4. The number of ether oxygens (including phenoxy) is 1. The van der Waals surface area contributed by atoms with E-state index in [2.05, 4.69) is 5.32 Å². The van der Waals surface area contributed by atoms with Gasteiger partial charge >= 0.3 is 0 Å². The highest BCUT2D eigenvalue weighted by molar-refractivity contribution is 4.83. The van der Waals surface area contributed by atoms with Gasteiger partial charge in [-0.1, -0.05) is 25.7 Å². The zero-order valence-electron chi connectivity index (χ0n) is 10.8. The Labute approximate surface area is 104 Å². The number of hydrogen-bond donors (Lipinski definition) is 3. The number of aliphatic hydroxyl groups excluding tert-OH is 1. The predicted octanol–water partition coefficient (Wildman–Crippen LogP) is 1.06. The van der Waals surface area contributed by atoms with Crippen molar-refractivity contribution in [3.05, 3.63) is 0 Å². The van der Waals surface area contributed by atoms with Gasteiger partial charge in [0.05, 0.1) is 18.8 Å². The van der Waals surface area contributed by atoms with Crippen LogP contribution in [0, 0.1) is 0 Å². The quantitative estimate of drug-likeness (QED) is 0.442. The second-order valence-electron chi connectivity index (χ2n) is 5.00. The van der Waals surface area contributed by atoms with Gasteiger partial charge in [-0.15, -0.1) is 0 Å². The van der Waals surface area contributed by atoms with E-state index in [0.29, 0.717) is 19.8 Å². The van der Waals surface area contributed by atoms with Crippen LogP contribution in [0.3, 0.4) is 0 Å². The lowest BCUT2D eigenvalue weighted by molar-refractivity contribution is 0.0245. The van der Waals surface area contributed by atoms with E-state index in [1.807, 2.05) is 0 Å². The van der Waals surface area contributed by atoms with Gasteiger partial charge in [0.2, 0.25) is 0 Å². The monoisotopic (exact) mass is 245 g/mol. The normalized spacial score (nSPS) is 20.1. The summed E-state index contributed by atoms with van der Waals surface area (Å²) < 4.78 is 5.17. The molecule has 1 rings (SSSR count). The SMILES string of the molecule is OCCOCCCNCC1(O)CCCCCC1. The Kier molecular flexibility index (Phi) is 7.77. The molecule has 0 aromatic carbocycles. The molecule has 0 radical (unpaired) electrons. The van der Waals surface area contributed by atoms with E-state index in [-0.39, 0.29) is 6.61 Å². The predicted molar refractivity (Wildman–Crippen MR) is 68.0 cm³/mol. The molecule has 0 saturated heterocycles. The summed E-state index contributed by atoms with van der Waals surface area (Å²) in [7, 11) is 0. The minimum atomic E-state index is -0.484. The molecule has 0 amide bonds. The Bertz CT molecular complexity index is 180. The summed E-state index contributed by atoms with van der Waals surface area (Å²) in [5.74, 6) is 0. The van der Waals surface area contributed by atoms with Crippen LogP contribution in [0.25, 0.3) is 0 Å². The Morgan fingerprint density at radius 1 is 1.06 bits per heavy atom. The van der Waals surface area contributed by atoms with Crippen LogP contribution in [0.5, 0.6) is 0 Å². The first-order valence-corrected chi connectivity index (χ1v) is 6.88. The van der Waals surface area contributed by atoms with Crippen LogP contribution in [-0.2, 0) is 4.74 Å². The maximum Gasteiger partial charge on any atom is 0.0771 e. The topological polar surface area (TPSA) is 61.7 Å². The molecule has 0 unspecified atom stereocenters. The van der Waals surface area contributed by atoms with Crippen molar-refractivity contribution < 1.29 is 14.9 Å². The fraction of sp³-hybridized carbons (Fsp3) is 1.00. The minimum absolute atomic E-state index is 0.0905. The Balaban J connectivity index is 2.00. The molecule has 0 heterocycles. The van der Waals surface area contributed by atoms with E-state index in [1.165, 1.54) is 12.8 Å². The van der Waals surface area contributed by atoms with Gasteiger partial charge in [0, 0.05) is 13.2 Å². The molecule has 0 aromatic rings.